The molecule has 5 nitrogen and oxygen atoms in total. The van der Waals surface area contributed by atoms with Crippen LogP contribution in [0.4, 0.5) is 0 Å². The van der Waals surface area contributed by atoms with E-state index in [9.17, 15) is 9.90 Å². The molecule has 19 heavy (non-hydrogen) atoms. The van der Waals surface area contributed by atoms with E-state index in [1.165, 1.54) is 0 Å². The van der Waals surface area contributed by atoms with Crippen molar-refractivity contribution < 1.29 is 9.90 Å². The Morgan fingerprint density at radius 2 is 2.16 bits per heavy atom. The average Bonchev–Trinajstić information content (AvgIpc) is 2.94. The molecule has 1 fully saturated rings. The lowest BCUT2D eigenvalue weighted by Gasteiger charge is -2.16. The van der Waals surface area contributed by atoms with E-state index < -0.39 is 0 Å². The number of carbonyl (C=O) groups is 1. The molecule has 0 bridgehead atoms. The molecule has 2 heterocycles. The number of carbonyl (C=O) groups excluding carboxylic acids is 1. The highest BCUT2D eigenvalue weighted by Gasteiger charge is 2.30. The first-order valence-corrected chi connectivity index (χ1v) is 6.91. The van der Waals surface area contributed by atoms with Crippen LogP contribution in [0.1, 0.15) is 49.3 Å². The fourth-order valence-corrected chi connectivity index (χ4v) is 2.65. The third kappa shape index (κ3) is 2.81. The molecule has 5 heteroatoms. The molecular weight excluding hydrogens is 242 g/mol. The van der Waals surface area contributed by atoms with E-state index in [0.29, 0.717) is 24.7 Å². The van der Waals surface area contributed by atoms with Gasteiger partial charge in [-0.1, -0.05) is 13.8 Å². The van der Waals surface area contributed by atoms with Crippen LogP contribution in [0.5, 0.6) is 0 Å². The molecule has 1 saturated heterocycles. The second-order valence-corrected chi connectivity index (χ2v) is 5.77. The Morgan fingerprint density at radius 3 is 2.63 bits per heavy atom. The van der Waals surface area contributed by atoms with Gasteiger partial charge in [0.15, 0.2) is 5.69 Å². The van der Waals surface area contributed by atoms with Crippen molar-refractivity contribution >= 4 is 5.91 Å². The van der Waals surface area contributed by atoms with Gasteiger partial charge in [-0.3, -0.25) is 9.48 Å². The maximum absolute atomic E-state index is 12.4. The monoisotopic (exact) mass is 265 g/mol. The van der Waals surface area contributed by atoms with E-state index in [-0.39, 0.29) is 17.9 Å². The SMILES string of the molecule is CC(C)c1cc(C(=O)N2CCC(C(C)O)C2)nn1C. The zero-order valence-electron chi connectivity index (χ0n) is 12.1. The third-order valence-corrected chi connectivity index (χ3v) is 3.92. The highest BCUT2D eigenvalue weighted by molar-refractivity contribution is 5.92. The first kappa shape index (κ1) is 14.1. The van der Waals surface area contributed by atoms with Crippen LogP contribution in [0.25, 0.3) is 0 Å². The van der Waals surface area contributed by atoms with Crippen molar-refractivity contribution in [2.45, 2.75) is 39.2 Å². The summed E-state index contributed by atoms with van der Waals surface area (Å²) in [5.74, 6) is 0.519. The second-order valence-electron chi connectivity index (χ2n) is 5.77. The molecule has 1 N–H and O–H groups in total. The summed E-state index contributed by atoms with van der Waals surface area (Å²) in [7, 11) is 1.87. The molecule has 0 aromatic carbocycles. The highest BCUT2D eigenvalue weighted by atomic mass is 16.3. The molecule has 0 radical (unpaired) electrons. The van der Waals surface area contributed by atoms with Crippen molar-refractivity contribution in [3.63, 3.8) is 0 Å². The Balaban J connectivity index is 2.11. The minimum Gasteiger partial charge on any atom is -0.393 e. The van der Waals surface area contributed by atoms with Gasteiger partial charge < -0.3 is 10.0 Å². The van der Waals surface area contributed by atoms with Gasteiger partial charge in [0.25, 0.3) is 5.91 Å². The van der Waals surface area contributed by atoms with Gasteiger partial charge in [-0.05, 0) is 25.3 Å². The van der Waals surface area contributed by atoms with Gasteiger partial charge in [0.05, 0.1) is 6.10 Å². The molecule has 1 aromatic rings. The number of aromatic nitrogens is 2. The van der Waals surface area contributed by atoms with Crippen LogP contribution in [-0.4, -0.2) is 44.9 Å². The summed E-state index contributed by atoms with van der Waals surface area (Å²) in [4.78, 5) is 14.2. The van der Waals surface area contributed by atoms with Gasteiger partial charge >= 0.3 is 0 Å². The summed E-state index contributed by atoms with van der Waals surface area (Å²) in [6.45, 7) is 7.30. The summed E-state index contributed by atoms with van der Waals surface area (Å²) >= 11 is 0. The standard InChI is InChI=1S/C14H23N3O2/c1-9(2)13-7-12(15-16(13)4)14(19)17-6-5-11(8-17)10(3)18/h7,9-11,18H,5-6,8H2,1-4H3. The quantitative estimate of drug-likeness (QED) is 0.898. The zero-order valence-corrected chi connectivity index (χ0v) is 12.1. The van der Waals surface area contributed by atoms with Crippen LogP contribution in [0.15, 0.2) is 6.07 Å². The number of aliphatic hydroxyl groups excluding tert-OH is 1. The molecule has 0 spiro atoms. The van der Waals surface area contributed by atoms with E-state index in [1.807, 2.05) is 13.1 Å². The largest absolute Gasteiger partial charge is 0.393 e. The van der Waals surface area contributed by atoms with Crippen molar-refractivity contribution in [3.05, 3.63) is 17.5 Å². The highest BCUT2D eigenvalue weighted by Crippen LogP contribution is 2.22. The number of amides is 1. The molecule has 0 aliphatic carbocycles. The predicted octanol–water partition coefficient (Wildman–Crippen LogP) is 1.39. The van der Waals surface area contributed by atoms with Crippen LogP contribution in [-0.2, 0) is 7.05 Å². The molecule has 1 aliphatic heterocycles. The van der Waals surface area contributed by atoms with Gasteiger partial charge in [-0.15, -0.1) is 0 Å². The molecule has 1 amide bonds. The summed E-state index contributed by atoms with van der Waals surface area (Å²) < 4.78 is 1.78. The number of rotatable bonds is 3. The van der Waals surface area contributed by atoms with Crippen LogP contribution >= 0.6 is 0 Å². The molecule has 1 aliphatic rings. The lowest BCUT2D eigenvalue weighted by molar-refractivity contribution is 0.0756. The maximum atomic E-state index is 12.4. The van der Waals surface area contributed by atoms with Crippen LogP contribution in [0.2, 0.25) is 0 Å². The fraction of sp³-hybridized carbons (Fsp3) is 0.714. The number of hydrogen-bond donors (Lipinski definition) is 1. The third-order valence-electron chi connectivity index (χ3n) is 3.92. The summed E-state index contributed by atoms with van der Waals surface area (Å²) in [6, 6.07) is 1.88. The lowest BCUT2D eigenvalue weighted by atomic mass is 10.0. The Kier molecular flexibility index (Phi) is 3.94. The Morgan fingerprint density at radius 1 is 1.47 bits per heavy atom. The van der Waals surface area contributed by atoms with Crippen LogP contribution < -0.4 is 0 Å². The van der Waals surface area contributed by atoms with Crippen molar-refractivity contribution in [1.29, 1.82) is 0 Å². The van der Waals surface area contributed by atoms with Crippen molar-refractivity contribution in [2.24, 2.45) is 13.0 Å². The molecular formula is C14H23N3O2. The van der Waals surface area contributed by atoms with Crippen molar-refractivity contribution in [2.75, 3.05) is 13.1 Å². The van der Waals surface area contributed by atoms with Crippen LogP contribution in [0, 0.1) is 5.92 Å². The number of likely N-dealkylation sites (tertiary alicyclic amines) is 1. The number of aliphatic hydroxyl groups is 1. The summed E-state index contributed by atoms with van der Waals surface area (Å²) in [5, 5.41) is 13.9. The minimum absolute atomic E-state index is 0.0225. The van der Waals surface area contributed by atoms with E-state index >= 15 is 0 Å². The van der Waals surface area contributed by atoms with E-state index in [1.54, 1.807) is 16.5 Å². The number of nitrogens with zero attached hydrogens (tertiary/aromatic N) is 3. The maximum Gasteiger partial charge on any atom is 0.274 e. The Bertz CT molecular complexity index is 465. The lowest BCUT2D eigenvalue weighted by Crippen LogP contribution is -2.30. The van der Waals surface area contributed by atoms with Gasteiger partial charge in [-0.25, -0.2) is 0 Å². The summed E-state index contributed by atoms with van der Waals surface area (Å²) in [5.41, 5.74) is 1.58. The van der Waals surface area contributed by atoms with Gasteiger partial charge in [0, 0.05) is 31.7 Å². The van der Waals surface area contributed by atoms with Crippen molar-refractivity contribution in [1.82, 2.24) is 14.7 Å². The topological polar surface area (TPSA) is 58.4 Å². The number of aryl methyl sites for hydroxylation is 1. The molecule has 1 aromatic heterocycles. The van der Waals surface area contributed by atoms with Gasteiger partial charge in [0.1, 0.15) is 0 Å². The van der Waals surface area contributed by atoms with Gasteiger partial charge in [0.2, 0.25) is 0 Å². The van der Waals surface area contributed by atoms with E-state index in [4.69, 9.17) is 0 Å². The van der Waals surface area contributed by atoms with E-state index in [0.717, 1.165) is 12.1 Å². The second kappa shape index (κ2) is 5.33. The molecule has 2 atom stereocenters. The van der Waals surface area contributed by atoms with Crippen LogP contribution in [0.3, 0.4) is 0 Å². The summed E-state index contributed by atoms with van der Waals surface area (Å²) in [6.07, 6.45) is 0.514. The average molecular weight is 265 g/mol. The smallest absolute Gasteiger partial charge is 0.274 e. The molecule has 0 saturated carbocycles. The first-order chi connectivity index (χ1) is 8.90. The Hall–Kier alpha value is -1.36. The predicted molar refractivity (Wildman–Crippen MR) is 73.0 cm³/mol. The molecule has 106 valence electrons. The molecule has 2 rings (SSSR count). The fourth-order valence-electron chi connectivity index (χ4n) is 2.65. The number of hydrogen-bond acceptors (Lipinski definition) is 3. The Labute approximate surface area is 114 Å². The van der Waals surface area contributed by atoms with Gasteiger partial charge in [-0.2, -0.15) is 5.10 Å². The zero-order chi connectivity index (χ0) is 14.2. The first-order valence-electron chi connectivity index (χ1n) is 6.91. The molecule has 2 unspecified atom stereocenters. The van der Waals surface area contributed by atoms with Crippen molar-refractivity contribution in [3.8, 4) is 0 Å². The normalized spacial score (nSPS) is 21.2. The minimum atomic E-state index is -0.354. The van der Waals surface area contributed by atoms with E-state index in [2.05, 4.69) is 18.9 Å².